The lowest BCUT2D eigenvalue weighted by Gasteiger charge is -2.04. The van der Waals surface area contributed by atoms with Gasteiger partial charge in [0.2, 0.25) is 10.0 Å². The Morgan fingerprint density at radius 3 is 2.71 bits per heavy atom. The number of hydrogen-bond donors (Lipinski definition) is 2. The van der Waals surface area contributed by atoms with Crippen LogP contribution in [0.4, 0.5) is 0 Å². The van der Waals surface area contributed by atoms with Gasteiger partial charge in [-0.05, 0) is 32.0 Å². The molecule has 0 radical (unpaired) electrons. The van der Waals surface area contributed by atoms with Gasteiger partial charge >= 0.3 is 0 Å². The molecule has 5 nitrogen and oxygen atoms in total. The molecule has 0 unspecified atom stereocenters. The second-order valence-corrected chi connectivity index (χ2v) is 8.00. The molecule has 0 saturated carbocycles. The summed E-state index contributed by atoms with van der Waals surface area (Å²) in [6.07, 6.45) is 0. The second kappa shape index (κ2) is 5.25. The van der Waals surface area contributed by atoms with Gasteiger partial charge in [-0.25, -0.2) is 18.1 Å². The van der Waals surface area contributed by atoms with Gasteiger partial charge in [0.05, 0.1) is 22.5 Å². The van der Waals surface area contributed by atoms with Crippen molar-refractivity contribution in [1.82, 2.24) is 14.7 Å². The monoisotopic (exact) mass is 321 g/mol. The molecule has 0 aliphatic carbocycles. The lowest BCUT2D eigenvalue weighted by atomic mass is 10.3. The fourth-order valence-electron chi connectivity index (χ4n) is 2.20. The largest absolute Gasteiger partial charge is 0.341 e. The van der Waals surface area contributed by atoms with Crippen LogP contribution in [0.15, 0.2) is 35.2 Å². The third kappa shape index (κ3) is 2.85. The minimum Gasteiger partial charge on any atom is -0.341 e. The Morgan fingerprint density at radius 2 is 2.05 bits per heavy atom. The molecule has 0 spiro atoms. The topological polar surface area (TPSA) is 74.8 Å². The number of rotatable bonds is 4. The zero-order chi connectivity index (χ0) is 15.0. The van der Waals surface area contributed by atoms with E-state index in [9.17, 15) is 8.42 Å². The molecule has 1 aromatic carbocycles. The van der Waals surface area contributed by atoms with Gasteiger partial charge in [-0.15, -0.1) is 11.3 Å². The van der Waals surface area contributed by atoms with Crippen molar-refractivity contribution in [3.63, 3.8) is 0 Å². The van der Waals surface area contributed by atoms with E-state index in [0.29, 0.717) is 10.7 Å². The Labute approximate surface area is 127 Å². The van der Waals surface area contributed by atoms with Gasteiger partial charge in [0.1, 0.15) is 5.82 Å². The van der Waals surface area contributed by atoms with Crippen LogP contribution in [0.3, 0.4) is 0 Å². The fourth-order valence-corrected chi connectivity index (χ4v) is 4.75. The summed E-state index contributed by atoms with van der Waals surface area (Å²) in [4.78, 5) is 9.59. The molecule has 3 rings (SSSR count). The molecule has 110 valence electrons. The number of nitrogens with zero attached hydrogens (tertiary/aromatic N) is 1. The number of nitrogens with one attached hydrogen (secondary N) is 2. The number of hydrogen-bond acceptors (Lipinski definition) is 4. The first-order valence-electron chi connectivity index (χ1n) is 6.46. The summed E-state index contributed by atoms with van der Waals surface area (Å²) in [5.74, 6) is 0.601. The van der Waals surface area contributed by atoms with Crippen molar-refractivity contribution >= 4 is 32.4 Å². The number of thiophene rings is 1. The molecule has 0 aliphatic heterocycles. The van der Waals surface area contributed by atoms with Crippen LogP contribution in [0.1, 0.15) is 15.6 Å². The van der Waals surface area contributed by atoms with Crippen LogP contribution in [-0.4, -0.2) is 18.4 Å². The normalized spacial score (nSPS) is 12.1. The fraction of sp³-hybridized carbons (Fsp3) is 0.214. The van der Waals surface area contributed by atoms with E-state index in [4.69, 9.17) is 0 Å². The molecule has 2 aromatic heterocycles. The van der Waals surface area contributed by atoms with Crippen molar-refractivity contribution < 1.29 is 8.42 Å². The maximum atomic E-state index is 12.3. The van der Waals surface area contributed by atoms with Crippen LogP contribution in [0.25, 0.3) is 11.0 Å². The van der Waals surface area contributed by atoms with Crippen molar-refractivity contribution in [1.29, 1.82) is 0 Å². The highest BCUT2D eigenvalue weighted by Crippen LogP contribution is 2.24. The van der Waals surface area contributed by atoms with Crippen molar-refractivity contribution in [3.05, 3.63) is 45.9 Å². The summed E-state index contributed by atoms with van der Waals surface area (Å²) < 4.78 is 27.2. The predicted octanol–water partition coefficient (Wildman–Crippen LogP) is 2.72. The molecule has 0 fully saturated rings. The number of fused-ring (bicyclic) bond motifs is 1. The number of para-hydroxylation sites is 2. The second-order valence-electron chi connectivity index (χ2n) is 4.80. The third-order valence-corrected chi connectivity index (χ3v) is 5.78. The van der Waals surface area contributed by atoms with Crippen molar-refractivity contribution in [2.24, 2.45) is 0 Å². The smallest absolute Gasteiger partial charge is 0.242 e. The number of imidazole rings is 1. The third-order valence-electron chi connectivity index (χ3n) is 3.15. The first-order valence-corrected chi connectivity index (χ1v) is 8.76. The summed E-state index contributed by atoms with van der Waals surface area (Å²) in [6.45, 7) is 3.86. The van der Waals surface area contributed by atoms with Crippen molar-refractivity contribution in [2.45, 2.75) is 25.3 Å². The van der Waals surface area contributed by atoms with Gasteiger partial charge in [0.15, 0.2) is 0 Å². The molecule has 7 heteroatoms. The van der Waals surface area contributed by atoms with Crippen LogP contribution in [0, 0.1) is 13.8 Å². The van der Waals surface area contributed by atoms with E-state index in [-0.39, 0.29) is 6.54 Å². The Balaban J connectivity index is 1.82. The number of aromatic nitrogens is 2. The van der Waals surface area contributed by atoms with Gasteiger partial charge in [-0.1, -0.05) is 12.1 Å². The highest BCUT2D eigenvalue weighted by atomic mass is 32.2. The molecule has 0 aliphatic rings. The summed E-state index contributed by atoms with van der Waals surface area (Å²) >= 11 is 1.48. The van der Waals surface area contributed by atoms with Crippen molar-refractivity contribution in [2.75, 3.05) is 0 Å². The number of H-pyrrole nitrogens is 1. The maximum Gasteiger partial charge on any atom is 0.242 e. The van der Waals surface area contributed by atoms with Crippen LogP contribution >= 0.6 is 11.3 Å². The van der Waals surface area contributed by atoms with Crippen LogP contribution in [0.5, 0.6) is 0 Å². The molecule has 2 heterocycles. The number of sulfonamides is 1. The van der Waals surface area contributed by atoms with Gasteiger partial charge in [0, 0.05) is 9.75 Å². The number of benzene rings is 1. The molecule has 0 bridgehead atoms. The zero-order valence-corrected chi connectivity index (χ0v) is 13.3. The summed E-state index contributed by atoms with van der Waals surface area (Å²) in [7, 11) is -3.51. The Bertz CT molecular complexity index is 861. The average Bonchev–Trinajstić information content (AvgIpc) is 2.99. The van der Waals surface area contributed by atoms with Gasteiger partial charge in [-0.3, -0.25) is 0 Å². The highest BCUT2D eigenvalue weighted by molar-refractivity contribution is 7.89. The van der Waals surface area contributed by atoms with Gasteiger partial charge in [-0.2, -0.15) is 0 Å². The molecule has 21 heavy (non-hydrogen) atoms. The first kappa shape index (κ1) is 14.2. The molecule has 0 amide bonds. The van der Waals surface area contributed by atoms with E-state index in [1.165, 1.54) is 11.3 Å². The minimum atomic E-state index is -3.51. The predicted molar refractivity (Wildman–Crippen MR) is 83.9 cm³/mol. The van der Waals surface area contributed by atoms with Crippen molar-refractivity contribution in [3.8, 4) is 0 Å². The minimum absolute atomic E-state index is 0.144. The summed E-state index contributed by atoms with van der Waals surface area (Å²) in [5, 5.41) is 0. The average molecular weight is 321 g/mol. The van der Waals surface area contributed by atoms with Crippen LogP contribution < -0.4 is 4.72 Å². The highest BCUT2D eigenvalue weighted by Gasteiger charge is 2.19. The van der Waals surface area contributed by atoms with E-state index < -0.39 is 10.0 Å². The number of aromatic amines is 1. The Kier molecular flexibility index (Phi) is 3.56. The van der Waals surface area contributed by atoms with Gasteiger partial charge < -0.3 is 4.98 Å². The summed E-state index contributed by atoms with van der Waals surface area (Å²) in [6, 6.07) is 9.30. The van der Waals surface area contributed by atoms with E-state index in [1.54, 1.807) is 6.07 Å². The molecule has 0 atom stereocenters. The maximum absolute atomic E-state index is 12.3. The van der Waals surface area contributed by atoms with E-state index >= 15 is 0 Å². The Hall–Kier alpha value is -1.70. The van der Waals surface area contributed by atoms with E-state index in [1.807, 2.05) is 38.1 Å². The molecular weight excluding hydrogens is 306 g/mol. The lowest BCUT2D eigenvalue weighted by Crippen LogP contribution is -2.24. The molecule has 0 saturated heterocycles. The van der Waals surface area contributed by atoms with Crippen LogP contribution in [0.2, 0.25) is 0 Å². The molecular formula is C14H15N3O2S2. The quantitative estimate of drug-likeness (QED) is 0.776. The van der Waals surface area contributed by atoms with Gasteiger partial charge in [0.25, 0.3) is 0 Å². The number of aryl methyl sites for hydroxylation is 2. The molecule has 3 aromatic rings. The van der Waals surface area contributed by atoms with E-state index in [0.717, 1.165) is 20.8 Å². The first-order chi connectivity index (χ1) is 9.95. The summed E-state index contributed by atoms with van der Waals surface area (Å²) in [5.41, 5.74) is 1.73. The standard InChI is InChI=1S/C14H15N3O2S2/c1-9-7-13(10(2)20-9)21(18,19)15-8-14-16-11-5-3-4-6-12(11)17-14/h3-7,15H,8H2,1-2H3,(H,16,17). The molecule has 2 N–H and O–H groups in total. The van der Waals surface area contributed by atoms with E-state index in [2.05, 4.69) is 14.7 Å². The SMILES string of the molecule is Cc1cc(S(=O)(=O)NCc2nc3ccccc3[nH]2)c(C)s1. The lowest BCUT2D eigenvalue weighted by molar-refractivity contribution is 0.579. The van der Waals surface area contributed by atoms with Crippen LogP contribution in [-0.2, 0) is 16.6 Å². The Morgan fingerprint density at radius 1 is 1.29 bits per heavy atom. The zero-order valence-electron chi connectivity index (χ0n) is 11.7.